The average Bonchev–Trinajstić information content (AvgIpc) is 2.70. The molecule has 0 aliphatic heterocycles. The monoisotopic (exact) mass is 219 g/mol. The molecule has 0 saturated heterocycles. The molecule has 0 bridgehead atoms. The van der Waals surface area contributed by atoms with Crippen LogP contribution in [0.5, 0.6) is 0 Å². The van der Waals surface area contributed by atoms with Crippen molar-refractivity contribution in [1.29, 1.82) is 0 Å². The van der Waals surface area contributed by atoms with E-state index in [9.17, 15) is 4.79 Å². The molecule has 0 aliphatic carbocycles. The topological polar surface area (TPSA) is 76.2 Å². The predicted octanol–water partition coefficient (Wildman–Crippen LogP) is 0.929. The Morgan fingerprint density at radius 1 is 1.62 bits per heavy atom. The average molecular weight is 219 g/mol. The Bertz CT molecular complexity index is 559. The molecular formula is C10H9N3O3. The molecule has 0 saturated carbocycles. The van der Waals surface area contributed by atoms with Gasteiger partial charge in [0.2, 0.25) is 0 Å². The summed E-state index contributed by atoms with van der Waals surface area (Å²) in [7, 11) is 1.31. The maximum atomic E-state index is 11.4. The van der Waals surface area contributed by atoms with Gasteiger partial charge in [-0.3, -0.25) is 4.40 Å². The van der Waals surface area contributed by atoms with Crippen LogP contribution in [0, 0.1) is 0 Å². The van der Waals surface area contributed by atoms with Gasteiger partial charge in [-0.05, 0) is 12.1 Å². The van der Waals surface area contributed by atoms with E-state index in [-0.39, 0.29) is 0 Å². The molecule has 16 heavy (non-hydrogen) atoms. The second-order valence-corrected chi connectivity index (χ2v) is 3.04. The Labute approximate surface area is 90.8 Å². The number of imidazole rings is 1. The maximum absolute atomic E-state index is 11.4. The molecule has 6 heteroatoms. The number of oxime groups is 1. The minimum atomic E-state index is -0.449. The third kappa shape index (κ3) is 1.60. The number of hydrogen-bond acceptors (Lipinski definition) is 5. The Morgan fingerprint density at radius 3 is 3.12 bits per heavy atom. The molecule has 82 valence electrons. The molecule has 0 atom stereocenters. The Hall–Kier alpha value is -2.37. The number of rotatable bonds is 2. The van der Waals surface area contributed by atoms with Gasteiger partial charge in [-0.1, -0.05) is 11.2 Å². The molecule has 2 aromatic rings. The molecule has 2 rings (SSSR count). The molecule has 1 N–H and O–H groups in total. The summed E-state index contributed by atoms with van der Waals surface area (Å²) in [6.45, 7) is 0. The lowest BCUT2D eigenvalue weighted by molar-refractivity contribution is 0.0592. The minimum absolute atomic E-state index is 0.366. The second-order valence-electron chi connectivity index (χ2n) is 3.04. The number of aromatic nitrogens is 2. The maximum Gasteiger partial charge on any atom is 0.355 e. The summed E-state index contributed by atoms with van der Waals surface area (Å²) in [6.07, 6.45) is 2.77. The highest BCUT2D eigenvalue weighted by atomic mass is 16.5. The van der Waals surface area contributed by atoms with Gasteiger partial charge >= 0.3 is 5.97 Å². The van der Waals surface area contributed by atoms with Crippen LogP contribution in [0.25, 0.3) is 5.65 Å². The minimum Gasteiger partial charge on any atom is -0.464 e. The number of fused-ring (bicyclic) bond motifs is 1. The standard InChI is InChI=1S/C10H9N3O3/c1-16-10(14)8-3-2-4-9-12-7(5-11-15)6-13(8)9/h2-6,15H,1H3. The van der Waals surface area contributed by atoms with E-state index in [2.05, 4.69) is 14.9 Å². The van der Waals surface area contributed by atoms with Crippen LogP contribution in [0.1, 0.15) is 16.2 Å². The van der Waals surface area contributed by atoms with Crippen molar-refractivity contribution in [2.45, 2.75) is 0 Å². The smallest absolute Gasteiger partial charge is 0.355 e. The van der Waals surface area contributed by atoms with Gasteiger partial charge < -0.3 is 9.94 Å². The summed E-state index contributed by atoms with van der Waals surface area (Å²) in [5.41, 5.74) is 1.40. The van der Waals surface area contributed by atoms with Crippen molar-refractivity contribution in [3.8, 4) is 0 Å². The lowest BCUT2D eigenvalue weighted by Crippen LogP contribution is -2.06. The van der Waals surface area contributed by atoms with Gasteiger partial charge in [0.25, 0.3) is 0 Å². The largest absolute Gasteiger partial charge is 0.464 e. The van der Waals surface area contributed by atoms with Crippen LogP contribution in [-0.4, -0.2) is 33.9 Å². The first-order valence-corrected chi connectivity index (χ1v) is 4.50. The van der Waals surface area contributed by atoms with Crippen molar-refractivity contribution in [1.82, 2.24) is 9.38 Å². The SMILES string of the molecule is COC(=O)c1cccc2nc(C=NO)cn12. The van der Waals surface area contributed by atoms with Crippen molar-refractivity contribution >= 4 is 17.8 Å². The first-order valence-electron chi connectivity index (χ1n) is 4.50. The number of methoxy groups -OCH3 is 1. The molecule has 0 spiro atoms. The van der Waals surface area contributed by atoms with Crippen molar-refractivity contribution in [2.24, 2.45) is 5.16 Å². The van der Waals surface area contributed by atoms with Crippen LogP contribution in [0.15, 0.2) is 29.6 Å². The van der Waals surface area contributed by atoms with E-state index in [1.165, 1.54) is 13.3 Å². The Balaban J connectivity index is 2.62. The van der Waals surface area contributed by atoms with E-state index in [0.717, 1.165) is 0 Å². The molecule has 0 radical (unpaired) electrons. The highest BCUT2D eigenvalue weighted by Crippen LogP contribution is 2.09. The van der Waals surface area contributed by atoms with Crippen LogP contribution in [-0.2, 0) is 4.74 Å². The van der Waals surface area contributed by atoms with Crippen LogP contribution in [0.4, 0.5) is 0 Å². The molecule has 0 aliphatic rings. The molecule has 2 aromatic heterocycles. The Morgan fingerprint density at radius 2 is 2.44 bits per heavy atom. The fourth-order valence-corrected chi connectivity index (χ4v) is 1.42. The van der Waals surface area contributed by atoms with Gasteiger partial charge in [-0.25, -0.2) is 9.78 Å². The molecule has 2 heterocycles. The quantitative estimate of drug-likeness (QED) is 0.353. The molecule has 0 aromatic carbocycles. The van der Waals surface area contributed by atoms with Gasteiger partial charge in [-0.2, -0.15) is 0 Å². The van der Waals surface area contributed by atoms with Gasteiger partial charge in [0.05, 0.1) is 13.3 Å². The lowest BCUT2D eigenvalue weighted by atomic mass is 10.3. The number of pyridine rings is 1. The third-order valence-corrected chi connectivity index (χ3v) is 2.10. The summed E-state index contributed by atoms with van der Waals surface area (Å²) >= 11 is 0. The van der Waals surface area contributed by atoms with Crippen LogP contribution in [0.3, 0.4) is 0 Å². The van der Waals surface area contributed by atoms with Crippen LogP contribution >= 0.6 is 0 Å². The fraction of sp³-hybridized carbons (Fsp3) is 0.100. The summed E-state index contributed by atoms with van der Waals surface area (Å²) < 4.78 is 6.22. The van der Waals surface area contributed by atoms with Crippen molar-refractivity contribution < 1.29 is 14.7 Å². The summed E-state index contributed by atoms with van der Waals surface area (Å²) in [5, 5.41) is 11.3. The van der Waals surface area contributed by atoms with Crippen molar-refractivity contribution in [2.75, 3.05) is 7.11 Å². The number of hydrogen-bond donors (Lipinski definition) is 1. The zero-order chi connectivity index (χ0) is 11.5. The summed E-state index contributed by atoms with van der Waals surface area (Å²) in [4.78, 5) is 15.6. The molecule has 0 unspecified atom stereocenters. The van der Waals surface area contributed by atoms with Crippen molar-refractivity contribution in [3.05, 3.63) is 35.8 Å². The molecular weight excluding hydrogens is 210 g/mol. The van der Waals surface area contributed by atoms with E-state index in [4.69, 9.17) is 5.21 Å². The van der Waals surface area contributed by atoms with Crippen molar-refractivity contribution in [3.63, 3.8) is 0 Å². The van der Waals surface area contributed by atoms with Gasteiger partial charge in [0.15, 0.2) is 0 Å². The number of nitrogens with zero attached hydrogens (tertiary/aromatic N) is 3. The lowest BCUT2D eigenvalue weighted by Gasteiger charge is -2.01. The van der Waals surface area contributed by atoms with Gasteiger partial charge in [0, 0.05) is 6.20 Å². The summed E-state index contributed by atoms with van der Waals surface area (Å²) in [6, 6.07) is 5.07. The first kappa shape index (κ1) is 10.2. The molecule has 0 amide bonds. The Kier molecular flexibility index (Phi) is 2.55. The fourth-order valence-electron chi connectivity index (χ4n) is 1.42. The zero-order valence-corrected chi connectivity index (χ0v) is 8.49. The molecule has 6 nitrogen and oxygen atoms in total. The highest BCUT2D eigenvalue weighted by Gasteiger charge is 2.11. The summed E-state index contributed by atoms with van der Waals surface area (Å²) in [5.74, 6) is -0.449. The second kappa shape index (κ2) is 4.01. The zero-order valence-electron chi connectivity index (χ0n) is 8.49. The third-order valence-electron chi connectivity index (χ3n) is 2.10. The van der Waals surface area contributed by atoms with E-state index in [1.807, 2.05) is 0 Å². The van der Waals surface area contributed by atoms with E-state index in [0.29, 0.717) is 17.0 Å². The normalized spacial score (nSPS) is 11.1. The number of carbonyl (C=O) groups is 1. The highest BCUT2D eigenvalue weighted by molar-refractivity contribution is 5.89. The van der Waals surface area contributed by atoms with Crippen LogP contribution in [0.2, 0.25) is 0 Å². The number of carbonyl (C=O) groups excluding carboxylic acids is 1. The van der Waals surface area contributed by atoms with E-state index < -0.39 is 5.97 Å². The van der Waals surface area contributed by atoms with Crippen LogP contribution < -0.4 is 0 Å². The molecule has 0 fully saturated rings. The predicted molar refractivity (Wildman–Crippen MR) is 55.9 cm³/mol. The number of ether oxygens (including phenoxy) is 1. The van der Waals surface area contributed by atoms with E-state index >= 15 is 0 Å². The first-order chi connectivity index (χ1) is 7.76. The number of esters is 1. The van der Waals surface area contributed by atoms with Gasteiger partial charge in [-0.15, -0.1) is 0 Å². The van der Waals surface area contributed by atoms with E-state index in [1.54, 1.807) is 28.8 Å². The van der Waals surface area contributed by atoms with Gasteiger partial charge in [0.1, 0.15) is 17.0 Å².